The van der Waals surface area contributed by atoms with Crippen molar-refractivity contribution in [3.8, 4) is 0 Å². The normalized spacial score (nSPS) is 24.8. The van der Waals surface area contributed by atoms with Crippen LogP contribution >= 0.6 is 0 Å². The van der Waals surface area contributed by atoms with Gasteiger partial charge in [-0.25, -0.2) is 4.98 Å². The van der Waals surface area contributed by atoms with Crippen molar-refractivity contribution in [2.24, 2.45) is 0 Å². The summed E-state index contributed by atoms with van der Waals surface area (Å²) in [6, 6.07) is 1.18. The predicted octanol–water partition coefficient (Wildman–Crippen LogP) is 1.83. The number of hydrogen-bond donors (Lipinski definition) is 1. The van der Waals surface area contributed by atoms with E-state index in [1.54, 1.807) is 0 Å². The van der Waals surface area contributed by atoms with Gasteiger partial charge in [0.05, 0.1) is 30.8 Å². The van der Waals surface area contributed by atoms with Crippen LogP contribution in [0.4, 0.5) is 0 Å². The number of nitrogens with one attached hydrogen (secondary N) is 1. The van der Waals surface area contributed by atoms with E-state index in [1.807, 2.05) is 19.6 Å². The van der Waals surface area contributed by atoms with E-state index in [9.17, 15) is 0 Å². The van der Waals surface area contributed by atoms with E-state index < -0.39 is 0 Å². The van der Waals surface area contributed by atoms with Crippen LogP contribution in [0.1, 0.15) is 45.5 Å². The van der Waals surface area contributed by atoms with Gasteiger partial charge in [0, 0.05) is 31.4 Å². The Kier molecular flexibility index (Phi) is 5.18. The number of morpholine rings is 1. The molecule has 0 bridgehead atoms. The molecule has 0 radical (unpaired) electrons. The van der Waals surface area contributed by atoms with Crippen molar-refractivity contribution in [3.05, 3.63) is 18.2 Å². The van der Waals surface area contributed by atoms with E-state index in [2.05, 4.69) is 47.5 Å². The first-order chi connectivity index (χ1) is 9.56. The Morgan fingerprint density at radius 3 is 2.70 bits per heavy atom. The zero-order chi connectivity index (χ0) is 14.7. The SMILES string of the molecule is CNCC1OCCN(C(C)C)C1c1cncn1C(C)C. The van der Waals surface area contributed by atoms with E-state index in [0.717, 1.165) is 19.7 Å². The molecule has 2 rings (SSSR count). The smallest absolute Gasteiger partial charge is 0.0951 e. The first-order valence-electron chi connectivity index (χ1n) is 7.60. The third-order valence-corrected chi connectivity index (χ3v) is 4.01. The predicted molar refractivity (Wildman–Crippen MR) is 80.9 cm³/mol. The molecule has 0 aliphatic carbocycles. The molecule has 1 aliphatic heterocycles. The van der Waals surface area contributed by atoms with Crippen LogP contribution in [0.2, 0.25) is 0 Å². The van der Waals surface area contributed by atoms with E-state index in [4.69, 9.17) is 4.74 Å². The minimum absolute atomic E-state index is 0.172. The summed E-state index contributed by atoms with van der Waals surface area (Å²) in [5.41, 5.74) is 1.26. The molecule has 1 aromatic rings. The standard InChI is InChI=1S/C15H28N4O/c1-11(2)18-6-7-20-14(9-16-5)15(18)13-8-17-10-19(13)12(3)4/h8,10-12,14-16H,6-7,9H2,1-5H3. The van der Waals surface area contributed by atoms with Crippen molar-refractivity contribution in [1.82, 2.24) is 19.8 Å². The molecule has 0 spiro atoms. The van der Waals surface area contributed by atoms with Gasteiger partial charge in [-0.15, -0.1) is 0 Å². The number of ether oxygens (including phenoxy) is 1. The molecule has 0 amide bonds. The summed E-state index contributed by atoms with van der Waals surface area (Å²) in [6.45, 7) is 11.5. The maximum atomic E-state index is 6.02. The zero-order valence-electron chi connectivity index (χ0n) is 13.3. The van der Waals surface area contributed by atoms with Crippen LogP contribution in [0, 0.1) is 0 Å². The van der Waals surface area contributed by atoms with Crippen molar-refractivity contribution in [2.45, 2.75) is 51.9 Å². The molecule has 5 nitrogen and oxygen atoms in total. The Morgan fingerprint density at radius 2 is 2.10 bits per heavy atom. The summed E-state index contributed by atoms with van der Waals surface area (Å²) in [6.07, 6.45) is 4.10. The van der Waals surface area contributed by atoms with Crippen LogP contribution < -0.4 is 5.32 Å². The summed E-state index contributed by atoms with van der Waals surface area (Å²) < 4.78 is 8.29. The van der Waals surface area contributed by atoms with Crippen LogP contribution in [0.25, 0.3) is 0 Å². The van der Waals surface area contributed by atoms with Crippen LogP contribution in [0.3, 0.4) is 0 Å². The summed E-state index contributed by atoms with van der Waals surface area (Å²) in [5.74, 6) is 0. The molecule has 1 aromatic heterocycles. The lowest BCUT2D eigenvalue weighted by Gasteiger charge is -2.43. The van der Waals surface area contributed by atoms with E-state index in [-0.39, 0.29) is 12.1 Å². The molecule has 114 valence electrons. The molecular weight excluding hydrogens is 252 g/mol. The molecule has 20 heavy (non-hydrogen) atoms. The molecule has 1 N–H and O–H groups in total. The molecule has 2 atom stereocenters. The van der Waals surface area contributed by atoms with Crippen LogP contribution in [-0.2, 0) is 4.74 Å². The Hall–Kier alpha value is -0.910. The minimum atomic E-state index is 0.172. The Labute approximate surface area is 122 Å². The first kappa shape index (κ1) is 15.5. The maximum absolute atomic E-state index is 6.02. The molecule has 1 saturated heterocycles. The van der Waals surface area contributed by atoms with E-state index >= 15 is 0 Å². The Bertz CT molecular complexity index is 414. The monoisotopic (exact) mass is 280 g/mol. The van der Waals surface area contributed by atoms with Gasteiger partial charge in [-0.2, -0.15) is 0 Å². The van der Waals surface area contributed by atoms with Gasteiger partial charge in [0.1, 0.15) is 0 Å². The Morgan fingerprint density at radius 1 is 1.35 bits per heavy atom. The fraction of sp³-hybridized carbons (Fsp3) is 0.800. The summed E-state index contributed by atoms with van der Waals surface area (Å²) in [4.78, 5) is 6.90. The highest BCUT2D eigenvalue weighted by atomic mass is 16.5. The van der Waals surface area contributed by atoms with Gasteiger partial charge in [0.15, 0.2) is 0 Å². The summed E-state index contributed by atoms with van der Waals surface area (Å²) in [5, 5.41) is 3.26. The zero-order valence-corrected chi connectivity index (χ0v) is 13.3. The second-order valence-electron chi connectivity index (χ2n) is 6.06. The second-order valence-corrected chi connectivity index (χ2v) is 6.06. The average Bonchev–Trinajstić information content (AvgIpc) is 2.87. The van der Waals surface area contributed by atoms with Crippen LogP contribution in [0.5, 0.6) is 0 Å². The van der Waals surface area contributed by atoms with Crippen molar-refractivity contribution >= 4 is 0 Å². The molecule has 0 aromatic carbocycles. The molecule has 0 saturated carbocycles. The largest absolute Gasteiger partial charge is 0.374 e. The van der Waals surface area contributed by atoms with Crippen LogP contribution in [0.15, 0.2) is 12.5 Å². The van der Waals surface area contributed by atoms with Crippen molar-refractivity contribution in [1.29, 1.82) is 0 Å². The first-order valence-corrected chi connectivity index (χ1v) is 7.60. The molecule has 5 heteroatoms. The van der Waals surface area contributed by atoms with Crippen molar-refractivity contribution in [2.75, 3.05) is 26.7 Å². The van der Waals surface area contributed by atoms with Gasteiger partial charge in [0.25, 0.3) is 0 Å². The third-order valence-electron chi connectivity index (χ3n) is 4.01. The molecular formula is C15H28N4O. The van der Waals surface area contributed by atoms with Gasteiger partial charge in [0.2, 0.25) is 0 Å². The fourth-order valence-electron chi connectivity index (χ4n) is 3.04. The van der Waals surface area contributed by atoms with E-state index in [0.29, 0.717) is 12.1 Å². The summed E-state index contributed by atoms with van der Waals surface area (Å²) >= 11 is 0. The lowest BCUT2D eigenvalue weighted by molar-refractivity contribution is -0.0840. The lowest BCUT2D eigenvalue weighted by Crippen LogP contribution is -2.51. The molecule has 1 aliphatic rings. The fourth-order valence-corrected chi connectivity index (χ4v) is 3.04. The van der Waals surface area contributed by atoms with Crippen molar-refractivity contribution < 1.29 is 4.74 Å². The minimum Gasteiger partial charge on any atom is -0.374 e. The van der Waals surface area contributed by atoms with Gasteiger partial charge >= 0.3 is 0 Å². The van der Waals surface area contributed by atoms with Gasteiger partial charge in [-0.05, 0) is 34.7 Å². The second kappa shape index (κ2) is 6.70. The topological polar surface area (TPSA) is 42.3 Å². The van der Waals surface area contributed by atoms with Crippen molar-refractivity contribution in [3.63, 3.8) is 0 Å². The van der Waals surface area contributed by atoms with Gasteiger partial charge < -0.3 is 14.6 Å². The quantitative estimate of drug-likeness (QED) is 0.893. The van der Waals surface area contributed by atoms with Gasteiger partial charge in [-0.3, -0.25) is 4.90 Å². The highest BCUT2D eigenvalue weighted by Gasteiger charge is 2.36. The van der Waals surface area contributed by atoms with E-state index in [1.165, 1.54) is 5.69 Å². The number of rotatable bonds is 5. The Balaban J connectivity index is 2.35. The van der Waals surface area contributed by atoms with Gasteiger partial charge in [-0.1, -0.05) is 0 Å². The maximum Gasteiger partial charge on any atom is 0.0951 e. The molecule has 2 unspecified atom stereocenters. The lowest BCUT2D eigenvalue weighted by atomic mass is 10.0. The average molecular weight is 280 g/mol. The highest BCUT2D eigenvalue weighted by Crippen LogP contribution is 2.32. The number of imidazole rings is 1. The molecule has 1 fully saturated rings. The third kappa shape index (κ3) is 3.05. The van der Waals surface area contributed by atoms with Crippen LogP contribution in [-0.4, -0.2) is 53.3 Å². The highest BCUT2D eigenvalue weighted by molar-refractivity contribution is 5.11. The number of hydrogen-bond acceptors (Lipinski definition) is 4. The number of aromatic nitrogens is 2. The number of nitrogens with zero attached hydrogens (tertiary/aromatic N) is 3. The molecule has 2 heterocycles. The number of likely N-dealkylation sites (N-methyl/N-ethyl adjacent to an activating group) is 1. The summed E-state index contributed by atoms with van der Waals surface area (Å²) in [7, 11) is 1.98.